The molecule has 5 nitrogen and oxygen atoms in total. The van der Waals surface area contributed by atoms with E-state index in [1.165, 1.54) is 12.0 Å². The Hall–Kier alpha value is -2.24. The predicted molar refractivity (Wildman–Crippen MR) is 112 cm³/mol. The van der Waals surface area contributed by atoms with E-state index >= 15 is 0 Å². The lowest BCUT2D eigenvalue weighted by Gasteiger charge is -2.19. The molecule has 2 aromatic rings. The van der Waals surface area contributed by atoms with Crippen LogP contribution in [0.5, 0.6) is 11.5 Å². The van der Waals surface area contributed by atoms with Crippen molar-refractivity contribution in [1.29, 1.82) is 0 Å². The second-order valence-corrected chi connectivity index (χ2v) is 7.21. The molecule has 1 N–H and O–H groups in total. The van der Waals surface area contributed by atoms with Gasteiger partial charge >= 0.3 is 0 Å². The Bertz CT molecular complexity index is 798. The van der Waals surface area contributed by atoms with E-state index in [4.69, 9.17) is 9.47 Å². The van der Waals surface area contributed by atoms with Crippen molar-refractivity contribution in [3.63, 3.8) is 0 Å². The molecule has 0 bridgehead atoms. The number of rotatable bonds is 6. The highest BCUT2D eigenvalue weighted by Gasteiger charge is 2.23. The number of benzene rings is 2. The van der Waals surface area contributed by atoms with Gasteiger partial charge in [-0.25, -0.2) is 0 Å². The minimum atomic E-state index is 0. The quantitative estimate of drug-likeness (QED) is 0.444. The lowest BCUT2D eigenvalue weighted by Crippen LogP contribution is -2.22. The zero-order chi connectivity index (χ0) is 18.5. The van der Waals surface area contributed by atoms with Crippen molar-refractivity contribution in [3.8, 4) is 11.5 Å². The van der Waals surface area contributed by atoms with E-state index in [1.807, 2.05) is 18.2 Å². The van der Waals surface area contributed by atoms with Gasteiger partial charge in [-0.1, -0.05) is 35.5 Å². The summed E-state index contributed by atoms with van der Waals surface area (Å²) in [6.45, 7) is 4.40. The second kappa shape index (κ2) is 9.80. The van der Waals surface area contributed by atoms with Crippen LogP contribution in [0.1, 0.15) is 36.3 Å². The van der Waals surface area contributed by atoms with Gasteiger partial charge in [-0.15, -0.1) is 12.4 Å². The van der Waals surface area contributed by atoms with Crippen LogP contribution in [0.25, 0.3) is 0 Å². The zero-order valence-corrected chi connectivity index (χ0v) is 16.7. The minimum absolute atomic E-state index is 0. The molecule has 1 atom stereocenters. The molecule has 2 aromatic carbocycles. The fraction of sp³-hybridized carbons (Fsp3) is 0.409. The predicted octanol–water partition coefficient (Wildman–Crippen LogP) is 4.33. The van der Waals surface area contributed by atoms with E-state index in [1.54, 1.807) is 0 Å². The van der Waals surface area contributed by atoms with Crippen molar-refractivity contribution in [2.24, 2.45) is 5.16 Å². The van der Waals surface area contributed by atoms with Crippen molar-refractivity contribution >= 4 is 18.1 Å². The minimum Gasteiger partial charge on any atom is -0.486 e. The fourth-order valence-electron chi connectivity index (χ4n) is 3.98. The smallest absolute Gasteiger partial charge is 0.162 e. The Labute approximate surface area is 172 Å². The number of hydrogen-bond acceptors (Lipinski definition) is 5. The molecule has 0 aliphatic carbocycles. The maximum absolute atomic E-state index is 9.47. The number of fused-ring (bicyclic) bond motifs is 1. The Morgan fingerprint density at radius 2 is 1.86 bits per heavy atom. The summed E-state index contributed by atoms with van der Waals surface area (Å²) in [6, 6.07) is 16.5. The van der Waals surface area contributed by atoms with Gasteiger partial charge in [0.25, 0.3) is 0 Å². The van der Waals surface area contributed by atoms with Crippen LogP contribution in [0.3, 0.4) is 0 Å². The van der Waals surface area contributed by atoms with Gasteiger partial charge in [0.05, 0.1) is 5.71 Å². The Balaban J connectivity index is 0.00000225. The first kappa shape index (κ1) is 20.5. The third-order valence-corrected chi connectivity index (χ3v) is 5.43. The average Bonchev–Trinajstić information content (AvgIpc) is 3.20. The zero-order valence-electron chi connectivity index (χ0n) is 15.9. The van der Waals surface area contributed by atoms with E-state index < -0.39 is 0 Å². The van der Waals surface area contributed by atoms with Crippen molar-refractivity contribution in [2.75, 3.05) is 32.8 Å². The molecular weight excluding hydrogens is 376 g/mol. The van der Waals surface area contributed by atoms with Crippen molar-refractivity contribution in [3.05, 3.63) is 59.7 Å². The highest BCUT2D eigenvalue weighted by Crippen LogP contribution is 2.31. The number of likely N-dealkylation sites (tertiary alicyclic amines) is 1. The molecule has 0 radical (unpaired) electrons. The number of ether oxygens (including phenoxy) is 2. The SMILES string of the molecule is Cl.ON=C(CCCN1CCC(c2ccccc2)C1)c1ccc2c(c1)OCCO2. The van der Waals surface area contributed by atoms with Gasteiger partial charge in [0.1, 0.15) is 13.2 Å². The van der Waals surface area contributed by atoms with Crippen molar-refractivity contribution < 1.29 is 14.7 Å². The van der Waals surface area contributed by atoms with Gasteiger partial charge in [-0.05, 0) is 62.0 Å². The topological polar surface area (TPSA) is 54.3 Å². The van der Waals surface area contributed by atoms with E-state index in [-0.39, 0.29) is 12.4 Å². The van der Waals surface area contributed by atoms with Crippen molar-refractivity contribution in [2.45, 2.75) is 25.2 Å². The molecule has 0 aromatic heterocycles. The summed E-state index contributed by atoms with van der Waals surface area (Å²) in [5.41, 5.74) is 3.03. The first-order valence-electron chi connectivity index (χ1n) is 9.72. The molecular formula is C22H27ClN2O3. The first-order chi connectivity index (χ1) is 13.3. The molecule has 2 heterocycles. The lowest BCUT2D eigenvalue weighted by atomic mass is 9.99. The first-order valence-corrected chi connectivity index (χ1v) is 9.72. The van der Waals surface area contributed by atoms with Crippen LogP contribution < -0.4 is 9.47 Å². The molecule has 1 saturated heterocycles. The standard InChI is InChI=1S/C22H26N2O3.ClH/c25-23-20(18-8-9-21-22(15-18)27-14-13-26-21)7-4-11-24-12-10-19(16-24)17-5-2-1-3-6-17;/h1-3,5-6,8-9,15,19,25H,4,7,10-14,16H2;1H. The normalized spacial score (nSPS) is 19.3. The molecule has 28 heavy (non-hydrogen) atoms. The van der Waals surface area contributed by atoms with Crippen LogP contribution in [0.15, 0.2) is 53.7 Å². The van der Waals surface area contributed by atoms with Crippen LogP contribution in [0.4, 0.5) is 0 Å². The van der Waals surface area contributed by atoms with E-state index in [9.17, 15) is 5.21 Å². The molecule has 4 rings (SSSR count). The molecule has 0 amide bonds. The monoisotopic (exact) mass is 402 g/mol. The van der Waals surface area contributed by atoms with E-state index in [2.05, 4.69) is 40.4 Å². The summed E-state index contributed by atoms with van der Waals surface area (Å²) in [4.78, 5) is 2.51. The summed E-state index contributed by atoms with van der Waals surface area (Å²) in [5, 5.41) is 13.0. The number of oxime groups is 1. The highest BCUT2D eigenvalue weighted by molar-refractivity contribution is 6.00. The van der Waals surface area contributed by atoms with Gasteiger partial charge in [0.2, 0.25) is 0 Å². The molecule has 2 aliphatic rings. The summed E-state index contributed by atoms with van der Waals surface area (Å²) in [5.74, 6) is 2.12. The maximum atomic E-state index is 9.47. The lowest BCUT2D eigenvalue weighted by molar-refractivity contribution is 0.171. The molecule has 1 unspecified atom stereocenters. The third-order valence-electron chi connectivity index (χ3n) is 5.43. The van der Waals surface area contributed by atoms with E-state index in [0.717, 1.165) is 49.5 Å². The van der Waals surface area contributed by atoms with Gasteiger partial charge in [0.15, 0.2) is 11.5 Å². The summed E-state index contributed by atoms with van der Waals surface area (Å²) in [7, 11) is 0. The number of halogens is 1. The van der Waals surface area contributed by atoms with Crippen LogP contribution >= 0.6 is 12.4 Å². The Morgan fingerprint density at radius 3 is 2.64 bits per heavy atom. The molecule has 6 heteroatoms. The Kier molecular flexibility index (Phi) is 7.18. The van der Waals surface area contributed by atoms with Crippen LogP contribution in [-0.4, -0.2) is 48.7 Å². The largest absolute Gasteiger partial charge is 0.486 e. The van der Waals surface area contributed by atoms with Gasteiger partial charge in [-0.2, -0.15) is 0 Å². The van der Waals surface area contributed by atoms with Gasteiger partial charge in [-0.3, -0.25) is 0 Å². The van der Waals surface area contributed by atoms with E-state index in [0.29, 0.717) is 24.8 Å². The molecule has 1 fully saturated rings. The summed E-state index contributed by atoms with van der Waals surface area (Å²) in [6.07, 6.45) is 2.92. The van der Waals surface area contributed by atoms with Crippen molar-refractivity contribution in [1.82, 2.24) is 4.90 Å². The second-order valence-electron chi connectivity index (χ2n) is 7.21. The number of nitrogens with zero attached hydrogens (tertiary/aromatic N) is 2. The molecule has 150 valence electrons. The summed E-state index contributed by atoms with van der Waals surface area (Å²) < 4.78 is 11.2. The molecule has 0 spiro atoms. The maximum Gasteiger partial charge on any atom is 0.162 e. The third kappa shape index (κ3) is 4.78. The highest BCUT2D eigenvalue weighted by atomic mass is 35.5. The van der Waals surface area contributed by atoms with Crippen LogP contribution in [0, 0.1) is 0 Å². The number of hydrogen-bond donors (Lipinski definition) is 1. The van der Waals surface area contributed by atoms with Crippen LogP contribution in [-0.2, 0) is 0 Å². The van der Waals surface area contributed by atoms with Gasteiger partial charge in [0, 0.05) is 12.1 Å². The molecule has 2 aliphatic heterocycles. The fourth-order valence-corrected chi connectivity index (χ4v) is 3.98. The van der Waals surface area contributed by atoms with Gasteiger partial charge < -0.3 is 19.6 Å². The summed E-state index contributed by atoms with van der Waals surface area (Å²) >= 11 is 0. The average molecular weight is 403 g/mol. The van der Waals surface area contributed by atoms with Crippen LogP contribution in [0.2, 0.25) is 0 Å². The molecule has 0 saturated carbocycles. The Morgan fingerprint density at radius 1 is 1.07 bits per heavy atom.